The number of sulfonamides is 1. The third-order valence-corrected chi connectivity index (χ3v) is 5.02. The van der Waals surface area contributed by atoms with Gasteiger partial charge in [-0.1, -0.05) is 0 Å². The van der Waals surface area contributed by atoms with E-state index in [0.717, 1.165) is 5.69 Å². The van der Waals surface area contributed by atoms with Crippen LogP contribution in [0.2, 0.25) is 0 Å². The Morgan fingerprint density at radius 3 is 2.68 bits per heavy atom. The van der Waals surface area contributed by atoms with Crippen LogP contribution in [0.4, 0.5) is 0 Å². The van der Waals surface area contributed by atoms with Gasteiger partial charge >= 0.3 is 0 Å². The van der Waals surface area contributed by atoms with E-state index in [-0.39, 0.29) is 11.4 Å². The fraction of sp³-hybridized carbons (Fsp3) is 0.235. The van der Waals surface area contributed by atoms with Crippen molar-refractivity contribution in [2.45, 2.75) is 25.3 Å². The highest BCUT2D eigenvalue weighted by Crippen LogP contribution is 2.29. The summed E-state index contributed by atoms with van der Waals surface area (Å²) in [4.78, 5) is 12.7. The van der Waals surface area contributed by atoms with Crippen LogP contribution in [0.3, 0.4) is 0 Å². The molecule has 0 amide bonds. The first-order valence-electron chi connectivity index (χ1n) is 7.79. The van der Waals surface area contributed by atoms with Crippen molar-refractivity contribution in [1.29, 1.82) is 0 Å². The molecule has 8 heteroatoms. The number of benzene rings is 1. The van der Waals surface area contributed by atoms with Gasteiger partial charge in [-0.25, -0.2) is 13.1 Å². The largest absolute Gasteiger partial charge is 0.492 e. The van der Waals surface area contributed by atoms with E-state index in [1.54, 1.807) is 36.8 Å². The summed E-state index contributed by atoms with van der Waals surface area (Å²) in [6, 6.07) is 6.56. The first kappa shape index (κ1) is 17.2. The van der Waals surface area contributed by atoms with Crippen molar-refractivity contribution < 1.29 is 13.2 Å². The third-order valence-electron chi connectivity index (χ3n) is 3.56. The molecule has 0 aliphatic carbocycles. The maximum Gasteiger partial charge on any atom is 0.241 e. The second-order valence-corrected chi connectivity index (χ2v) is 7.10. The van der Waals surface area contributed by atoms with Crippen molar-refractivity contribution in [3.63, 3.8) is 0 Å². The summed E-state index contributed by atoms with van der Waals surface area (Å²) in [7, 11) is -3.74. The van der Waals surface area contributed by atoms with Gasteiger partial charge in [-0.3, -0.25) is 15.0 Å². The zero-order chi connectivity index (χ0) is 17.9. The number of nitrogens with zero attached hydrogens (tertiary/aromatic N) is 3. The molecule has 0 spiro atoms. The number of rotatable bonds is 6. The number of aromatic nitrogens is 3. The van der Waals surface area contributed by atoms with Crippen molar-refractivity contribution >= 4 is 20.9 Å². The highest BCUT2D eigenvalue weighted by molar-refractivity contribution is 7.89. The van der Waals surface area contributed by atoms with Crippen LogP contribution in [0, 0.1) is 6.92 Å². The molecule has 0 bridgehead atoms. The van der Waals surface area contributed by atoms with Gasteiger partial charge in [0.2, 0.25) is 10.0 Å². The lowest BCUT2D eigenvalue weighted by atomic mass is 10.2. The predicted molar refractivity (Wildman–Crippen MR) is 93.7 cm³/mol. The summed E-state index contributed by atoms with van der Waals surface area (Å²) in [6.45, 7) is 4.22. The number of hydrogen-bond acceptors (Lipinski definition) is 6. The summed E-state index contributed by atoms with van der Waals surface area (Å²) in [5.41, 5.74) is 1.83. The molecule has 0 saturated heterocycles. The van der Waals surface area contributed by atoms with Gasteiger partial charge in [0.25, 0.3) is 0 Å². The second kappa shape index (κ2) is 7.12. The maximum atomic E-state index is 12.7. The van der Waals surface area contributed by atoms with Gasteiger partial charge < -0.3 is 4.74 Å². The number of ether oxygens (including phenoxy) is 1. The van der Waals surface area contributed by atoms with Crippen LogP contribution >= 0.6 is 0 Å². The zero-order valence-corrected chi connectivity index (χ0v) is 14.7. The monoisotopic (exact) mass is 358 g/mol. The Labute approximate surface area is 146 Å². The Balaban J connectivity index is 1.94. The van der Waals surface area contributed by atoms with Gasteiger partial charge in [0.15, 0.2) is 0 Å². The Morgan fingerprint density at radius 1 is 1.12 bits per heavy atom. The highest BCUT2D eigenvalue weighted by atomic mass is 32.2. The molecule has 2 heterocycles. The molecule has 1 aromatic carbocycles. The van der Waals surface area contributed by atoms with Crippen LogP contribution in [0.5, 0.6) is 5.75 Å². The van der Waals surface area contributed by atoms with E-state index in [0.29, 0.717) is 29.0 Å². The standard InChI is InChI=1S/C17H18N4O3S/c1-3-24-15-6-7-16(14-5-4-8-18-17(14)15)25(22,23)21-11-13-10-19-12(2)9-20-13/h4-10,21H,3,11H2,1-2H3. The highest BCUT2D eigenvalue weighted by Gasteiger charge is 2.19. The van der Waals surface area contributed by atoms with Crippen molar-refractivity contribution in [2.75, 3.05) is 6.61 Å². The normalized spacial score (nSPS) is 11.6. The van der Waals surface area contributed by atoms with Crippen molar-refractivity contribution in [1.82, 2.24) is 19.7 Å². The molecule has 0 atom stereocenters. The SMILES string of the molecule is CCOc1ccc(S(=O)(=O)NCc2cnc(C)cn2)c2cccnc12. The molecule has 0 radical (unpaired) electrons. The minimum absolute atomic E-state index is 0.0601. The van der Waals surface area contributed by atoms with Crippen LogP contribution in [0.15, 0.2) is 47.8 Å². The molecule has 0 aliphatic rings. The van der Waals surface area contributed by atoms with Crippen LogP contribution in [0.1, 0.15) is 18.3 Å². The van der Waals surface area contributed by atoms with Crippen molar-refractivity contribution in [3.8, 4) is 5.75 Å². The third kappa shape index (κ3) is 3.75. The number of nitrogens with one attached hydrogen (secondary N) is 1. The van der Waals surface area contributed by atoms with E-state index in [4.69, 9.17) is 4.74 Å². The molecule has 25 heavy (non-hydrogen) atoms. The van der Waals surface area contributed by atoms with E-state index < -0.39 is 10.0 Å². The molecular formula is C17H18N4O3S. The van der Waals surface area contributed by atoms with Gasteiger partial charge in [-0.05, 0) is 38.1 Å². The quantitative estimate of drug-likeness (QED) is 0.726. The summed E-state index contributed by atoms with van der Waals surface area (Å²) in [6.07, 6.45) is 4.76. The molecule has 3 rings (SSSR count). The van der Waals surface area contributed by atoms with E-state index in [2.05, 4.69) is 19.7 Å². The Morgan fingerprint density at radius 2 is 1.96 bits per heavy atom. The molecule has 0 aliphatic heterocycles. The molecule has 0 saturated carbocycles. The molecule has 7 nitrogen and oxygen atoms in total. The average Bonchev–Trinajstić information content (AvgIpc) is 2.61. The summed E-state index contributed by atoms with van der Waals surface area (Å²) in [5, 5.41) is 0.510. The molecule has 0 fully saturated rings. The molecule has 3 aromatic rings. The first-order valence-corrected chi connectivity index (χ1v) is 9.27. The number of fused-ring (bicyclic) bond motifs is 1. The van der Waals surface area contributed by atoms with Crippen LogP contribution in [0.25, 0.3) is 10.9 Å². The summed E-state index contributed by atoms with van der Waals surface area (Å²) in [5.74, 6) is 0.557. The molecule has 2 aromatic heterocycles. The van der Waals surface area contributed by atoms with Gasteiger partial charge in [0.1, 0.15) is 11.3 Å². The zero-order valence-electron chi connectivity index (χ0n) is 13.9. The summed E-state index contributed by atoms with van der Waals surface area (Å²) < 4.78 is 33.5. The maximum absolute atomic E-state index is 12.7. The smallest absolute Gasteiger partial charge is 0.241 e. The van der Waals surface area contributed by atoms with Crippen LogP contribution in [-0.4, -0.2) is 30.0 Å². The van der Waals surface area contributed by atoms with Crippen molar-refractivity contribution in [2.24, 2.45) is 0 Å². The number of pyridine rings is 1. The molecule has 0 unspecified atom stereocenters. The minimum atomic E-state index is -3.74. The van der Waals surface area contributed by atoms with E-state index >= 15 is 0 Å². The Kier molecular flexibility index (Phi) is 4.91. The minimum Gasteiger partial charge on any atom is -0.492 e. The molecule has 1 N–H and O–H groups in total. The number of hydrogen-bond donors (Lipinski definition) is 1. The van der Waals surface area contributed by atoms with Crippen LogP contribution < -0.4 is 9.46 Å². The van der Waals surface area contributed by atoms with Gasteiger partial charge in [0, 0.05) is 17.8 Å². The second-order valence-electron chi connectivity index (χ2n) is 5.37. The predicted octanol–water partition coefficient (Wildman–Crippen LogP) is 2.21. The van der Waals surface area contributed by atoms with E-state index in [9.17, 15) is 8.42 Å². The average molecular weight is 358 g/mol. The fourth-order valence-electron chi connectivity index (χ4n) is 2.38. The van der Waals surface area contributed by atoms with Gasteiger partial charge in [0.05, 0.1) is 35.6 Å². The Bertz CT molecular complexity index is 988. The first-order chi connectivity index (χ1) is 12.0. The lowest BCUT2D eigenvalue weighted by Gasteiger charge is -2.12. The number of aryl methyl sites for hydroxylation is 1. The topological polar surface area (TPSA) is 94.1 Å². The molecule has 130 valence electrons. The van der Waals surface area contributed by atoms with Gasteiger partial charge in [-0.15, -0.1) is 0 Å². The molecular weight excluding hydrogens is 340 g/mol. The fourth-order valence-corrected chi connectivity index (χ4v) is 3.58. The summed E-state index contributed by atoms with van der Waals surface area (Å²) >= 11 is 0. The van der Waals surface area contributed by atoms with E-state index in [1.165, 1.54) is 6.07 Å². The van der Waals surface area contributed by atoms with Crippen LogP contribution in [-0.2, 0) is 16.6 Å². The lowest BCUT2D eigenvalue weighted by Crippen LogP contribution is -2.24. The van der Waals surface area contributed by atoms with Gasteiger partial charge in [-0.2, -0.15) is 0 Å². The van der Waals surface area contributed by atoms with E-state index in [1.807, 2.05) is 13.8 Å². The van der Waals surface area contributed by atoms with Crippen molar-refractivity contribution in [3.05, 3.63) is 54.2 Å². The Hall–Kier alpha value is -2.58. The lowest BCUT2D eigenvalue weighted by molar-refractivity contribution is 0.343.